The predicted octanol–water partition coefficient (Wildman–Crippen LogP) is 7.58. The van der Waals surface area contributed by atoms with Gasteiger partial charge >= 0.3 is 0 Å². The van der Waals surface area contributed by atoms with E-state index in [1.165, 1.54) is 69.1 Å². The molecule has 0 aliphatic rings. The maximum Gasteiger partial charge on any atom is 0.0843 e. The highest BCUT2D eigenvalue weighted by molar-refractivity contribution is 9.13. The van der Waals surface area contributed by atoms with Gasteiger partial charge in [-0.25, -0.2) is 0 Å². The molecule has 0 spiro atoms. The van der Waals surface area contributed by atoms with E-state index in [0.29, 0.717) is 0 Å². The molecule has 1 rings (SSSR count). The molecule has 1 aromatic heterocycles. The molecule has 1 atom stereocenters. The lowest BCUT2D eigenvalue weighted by molar-refractivity contribution is 0.531. The maximum atomic E-state index is 6.25. The summed E-state index contributed by atoms with van der Waals surface area (Å²) in [4.78, 5) is 1.28. The van der Waals surface area contributed by atoms with Crippen molar-refractivity contribution in [1.29, 1.82) is 0 Å². The maximum absolute atomic E-state index is 6.25. The third kappa shape index (κ3) is 8.73. The van der Waals surface area contributed by atoms with E-state index in [0.717, 1.165) is 14.7 Å². The van der Waals surface area contributed by atoms with Gasteiger partial charge in [-0.1, -0.05) is 71.1 Å². The molecule has 0 aliphatic carbocycles. The number of thiophene rings is 1. The second-order valence-corrected chi connectivity index (χ2v) is 9.10. The second kappa shape index (κ2) is 12.1. The fourth-order valence-corrected chi connectivity index (χ4v) is 4.67. The summed E-state index contributed by atoms with van der Waals surface area (Å²) in [5.74, 6) is 0. The van der Waals surface area contributed by atoms with Gasteiger partial charge in [0.25, 0.3) is 0 Å². The zero-order chi connectivity index (χ0) is 15.5. The molecule has 0 saturated heterocycles. The van der Waals surface area contributed by atoms with Crippen molar-refractivity contribution in [1.82, 2.24) is 0 Å². The van der Waals surface area contributed by atoms with Gasteiger partial charge in [0.15, 0.2) is 0 Å². The normalized spacial score (nSPS) is 12.8. The Labute approximate surface area is 151 Å². The quantitative estimate of drug-likeness (QED) is 0.334. The average Bonchev–Trinajstić information content (AvgIpc) is 2.80. The Morgan fingerprint density at radius 2 is 1.48 bits per heavy atom. The van der Waals surface area contributed by atoms with Crippen molar-refractivity contribution in [2.75, 3.05) is 0 Å². The molecule has 0 aliphatic heterocycles. The molecule has 1 heterocycles. The van der Waals surface area contributed by atoms with E-state index < -0.39 is 0 Å². The molecule has 1 nitrogen and oxygen atoms in total. The largest absolute Gasteiger partial charge is 0.323 e. The van der Waals surface area contributed by atoms with Crippen LogP contribution in [0.1, 0.15) is 88.5 Å². The number of nitrogens with two attached hydrogens (primary N) is 1. The lowest BCUT2D eigenvalue weighted by Gasteiger charge is -2.09. The molecule has 2 N–H and O–H groups in total. The summed E-state index contributed by atoms with van der Waals surface area (Å²) in [5.41, 5.74) is 6.25. The smallest absolute Gasteiger partial charge is 0.0843 e. The number of unbranched alkanes of at least 4 members (excludes halogenated alkanes) is 9. The number of hydrogen-bond acceptors (Lipinski definition) is 2. The summed E-state index contributed by atoms with van der Waals surface area (Å²) in [6.45, 7) is 2.28. The fraction of sp³-hybridized carbons (Fsp3) is 0.765. The van der Waals surface area contributed by atoms with Gasteiger partial charge in [0.2, 0.25) is 0 Å². The predicted molar refractivity (Wildman–Crippen MR) is 103 cm³/mol. The second-order valence-electron chi connectivity index (χ2n) is 5.85. The van der Waals surface area contributed by atoms with Crippen LogP contribution in [-0.4, -0.2) is 0 Å². The minimum atomic E-state index is 0.201. The Morgan fingerprint density at radius 1 is 0.952 bits per heavy atom. The van der Waals surface area contributed by atoms with Crippen molar-refractivity contribution >= 4 is 43.2 Å². The Morgan fingerprint density at radius 3 is 1.95 bits per heavy atom. The molecule has 0 bridgehead atoms. The van der Waals surface area contributed by atoms with Crippen LogP contribution in [0, 0.1) is 0 Å². The van der Waals surface area contributed by atoms with Crippen molar-refractivity contribution in [2.45, 2.75) is 83.6 Å². The first-order valence-electron chi connectivity index (χ1n) is 8.35. The standard InChI is InChI=1S/C17H29Br2NS/c1-2-3-4-5-6-7-8-9-10-11-12-15(20)16-13-14(18)17(19)21-16/h13,15H,2-12,20H2,1H3. The van der Waals surface area contributed by atoms with Gasteiger partial charge in [0.1, 0.15) is 0 Å². The molecule has 21 heavy (non-hydrogen) atoms. The van der Waals surface area contributed by atoms with Crippen LogP contribution in [0.4, 0.5) is 0 Å². The first-order chi connectivity index (χ1) is 10.1. The Balaban J connectivity index is 1.96. The first kappa shape index (κ1) is 19.7. The zero-order valence-corrected chi connectivity index (χ0v) is 17.2. The topological polar surface area (TPSA) is 26.0 Å². The van der Waals surface area contributed by atoms with Crippen molar-refractivity contribution in [3.8, 4) is 0 Å². The Kier molecular flexibility index (Phi) is 11.3. The van der Waals surface area contributed by atoms with Gasteiger partial charge < -0.3 is 5.73 Å². The molecule has 122 valence electrons. The molecule has 0 fully saturated rings. The minimum Gasteiger partial charge on any atom is -0.323 e. The number of rotatable bonds is 12. The molecule has 0 saturated carbocycles. The Bertz CT molecular complexity index is 359. The first-order valence-corrected chi connectivity index (χ1v) is 10.8. The van der Waals surface area contributed by atoms with Gasteiger partial charge in [-0.05, 0) is 44.3 Å². The highest BCUT2D eigenvalue weighted by atomic mass is 79.9. The highest BCUT2D eigenvalue weighted by Gasteiger charge is 2.11. The van der Waals surface area contributed by atoms with Crippen LogP contribution in [0.3, 0.4) is 0 Å². The van der Waals surface area contributed by atoms with Crippen LogP contribution < -0.4 is 5.73 Å². The zero-order valence-electron chi connectivity index (χ0n) is 13.2. The SMILES string of the molecule is CCCCCCCCCCCCC(N)c1cc(Br)c(Br)s1. The molecular formula is C17H29Br2NS. The van der Waals surface area contributed by atoms with Crippen LogP contribution in [0.2, 0.25) is 0 Å². The van der Waals surface area contributed by atoms with Gasteiger partial charge in [0, 0.05) is 15.4 Å². The van der Waals surface area contributed by atoms with Gasteiger partial charge in [-0.2, -0.15) is 0 Å². The molecule has 0 radical (unpaired) electrons. The highest BCUT2D eigenvalue weighted by Crippen LogP contribution is 2.36. The molecular weight excluding hydrogens is 410 g/mol. The van der Waals surface area contributed by atoms with Crippen LogP contribution in [-0.2, 0) is 0 Å². The molecule has 0 aromatic carbocycles. The number of hydrogen-bond donors (Lipinski definition) is 1. The van der Waals surface area contributed by atoms with Crippen molar-refractivity contribution in [3.05, 3.63) is 19.2 Å². The van der Waals surface area contributed by atoms with Crippen molar-refractivity contribution in [3.63, 3.8) is 0 Å². The summed E-state index contributed by atoms with van der Waals surface area (Å²) in [5, 5.41) is 0. The minimum absolute atomic E-state index is 0.201. The van der Waals surface area contributed by atoms with Crippen LogP contribution in [0.25, 0.3) is 0 Å². The van der Waals surface area contributed by atoms with Gasteiger partial charge in [-0.3, -0.25) is 0 Å². The third-order valence-electron chi connectivity index (χ3n) is 3.90. The number of halogens is 2. The summed E-state index contributed by atoms with van der Waals surface area (Å²) in [6.07, 6.45) is 14.9. The van der Waals surface area contributed by atoms with Crippen LogP contribution in [0.5, 0.6) is 0 Å². The summed E-state index contributed by atoms with van der Waals surface area (Å²) in [6, 6.07) is 2.35. The summed E-state index contributed by atoms with van der Waals surface area (Å²) < 4.78 is 2.28. The van der Waals surface area contributed by atoms with E-state index in [-0.39, 0.29) is 6.04 Å². The molecule has 1 aromatic rings. The van der Waals surface area contributed by atoms with E-state index in [1.807, 2.05) is 0 Å². The fourth-order valence-electron chi connectivity index (χ4n) is 2.54. The third-order valence-corrected chi connectivity index (χ3v) is 7.29. The van der Waals surface area contributed by atoms with Crippen molar-refractivity contribution < 1.29 is 0 Å². The van der Waals surface area contributed by atoms with Crippen LogP contribution >= 0.6 is 43.2 Å². The van der Waals surface area contributed by atoms with E-state index in [9.17, 15) is 0 Å². The van der Waals surface area contributed by atoms with Crippen molar-refractivity contribution in [2.24, 2.45) is 5.73 Å². The lowest BCUT2D eigenvalue weighted by atomic mass is 10.0. The lowest BCUT2D eigenvalue weighted by Crippen LogP contribution is -2.08. The van der Waals surface area contributed by atoms with E-state index in [4.69, 9.17) is 5.73 Å². The monoisotopic (exact) mass is 437 g/mol. The van der Waals surface area contributed by atoms with Crippen LogP contribution in [0.15, 0.2) is 14.3 Å². The van der Waals surface area contributed by atoms with E-state index >= 15 is 0 Å². The van der Waals surface area contributed by atoms with E-state index in [2.05, 4.69) is 44.8 Å². The van der Waals surface area contributed by atoms with E-state index in [1.54, 1.807) is 11.3 Å². The summed E-state index contributed by atoms with van der Waals surface area (Å²) in [7, 11) is 0. The Hall–Kier alpha value is 0.620. The molecule has 0 amide bonds. The molecule has 4 heteroatoms. The average molecular weight is 439 g/mol. The van der Waals surface area contributed by atoms with Gasteiger partial charge in [0.05, 0.1) is 3.79 Å². The summed E-state index contributed by atoms with van der Waals surface area (Å²) >= 11 is 8.81. The van der Waals surface area contributed by atoms with Gasteiger partial charge in [-0.15, -0.1) is 11.3 Å². The molecule has 1 unspecified atom stereocenters.